The van der Waals surface area contributed by atoms with Crippen molar-refractivity contribution in [3.8, 4) is 0 Å². The number of ether oxygens (including phenoxy) is 3. The lowest BCUT2D eigenvalue weighted by Gasteiger charge is -2.18. The standard InChI is InChI=1S/C63H110O6/c1-4-7-10-13-16-19-22-25-28-30-32-35-38-41-44-47-50-53-56-62(65)68-59-60(58-67-61(64)55-52-49-46-43-40-37-34-27-24-21-18-15-12-9-6-3)69-63(66)57-54-51-48-45-42-39-36-33-31-29-26-23-20-17-14-11-8-5-2/h18-23,27-31,34,60H,4-17,24-26,32-33,35-59H2,1-3H3/b21-18-,22-19-,23-20-,30-28-,31-29-,34-27-. The molecule has 1 atom stereocenters. The molecule has 398 valence electrons. The number of esters is 3. The first-order valence-corrected chi connectivity index (χ1v) is 29.4. The van der Waals surface area contributed by atoms with E-state index >= 15 is 0 Å². The summed E-state index contributed by atoms with van der Waals surface area (Å²) in [5.74, 6) is -0.907. The molecule has 0 saturated heterocycles. The van der Waals surface area contributed by atoms with Crippen LogP contribution in [-0.2, 0) is 28.6 Å². The average Bonchev–Trinajstić information content (AvgIpc) is 3.35. The highest BCUT2D eigenvalue weighted by Gasteiger charge is 2.19. The number of allylic oxidation sites excluding steroid dienone is 12. The van der Waals surface area contributed by atoms with Gasteiger partial charge in [-0.2, -0.15) is 0 Å². The fraction of sp³-hybridized carbons (Fsp3) is 0.762. The van der Waals surface area contributed by atoms with Crippen LogP contribution in [0.2, 0.25) is 0 Å². The van der Waals surface area contributed by atoms with Gasteiger partial charge >= 0.3 is 17.9 Å². The lowest BCUT2D eigenvalue weighted by Crippen LogP contribution is -2.30. The van der Waals surface area contributed by atoms with Crippen LogP contribution in [0.5, 0.6) is 0 Å². The van der Waals surface area contributed by atoms with Crippen LogP contribution < -0.4 is 0 Å². The third-order valence-corrected chi connectivity index (χ3v) is 12.7. The van der Waals surface area contributed by atoms with Gasteiger partial charge in [0.1, 0.15) is 13.2 Å². The number of rotatable bonds is 53. The zero-order valence-electron chi connectivity index (χ0n) is 45.6. The second-order valence-corrected chi connectivity index (χ2v) is 19.5. The molecule has 0 spiro atoms. The number of hydrogen-bond acceptors (Lipinski definition) is 6. The lowest BCUT2D eigenvalue weighted by molar-refractivity contribution is -0.167. The lowest BCUT2D eigenvalue weighted by atomic mass is 10.1. The zero-order chi connectivity index (χ0) is 50.0. The summed E-state index contributed by atoms with van der Waals surface area (Å²) in [4.78, 5) is 38.2. The molecule has 0 heterocycles. The van der Waals surface area contributed by atoms with Crippen LogP contribution in [0, 0.1) is 0 Å². The Morgan fingerprint density at radius 1 is 0.290 bits per heavy atom. The average molecular weight is 964 g/mol. The Morgan fingerprint density at radius 3 is 0.826 bits per heavy atom. The molecule has 6 heteroatoms. The topological polar surface area (TPSA) is 78.9 Å². The molecule has 0 fully saturated rings. The van der Waals surface area contributed by atoms with Gasteiger partial charge in [-0.05, 0) is 116 Å². The van der Waals surface area contributed by atoms with Gasteiger partial charge in [-0.25, -0.2) is 0 Å². The van der Waals surface area contributed by atoms with Crippen molar-refractivity contribution in [3.05, 3.63) is 72.9 Å². The Balaban J connectivity index is 4.42. The number of hydrogen-bond donors (Lipinski definition) is 0. The number of carbonyl (C=O) groups excluding carboxylic acids is 3. The summed E-state index contributed by atoms with van der Waals surface area (Å²) in [6.07, 6.45) is 73.1. The maximum Gasteiger partial charge on any atom is 0.306 e. The molecule has 0 aliphatic heterocycles. The first-order chi connectivity index (χ1) is 34.0. The molecular formula is C63H110O6. The molecule has 0 saturated carbocycles. The molecule has 0 aromatic heterocycles. The summed E-state index contributed by atoms with van der Waals surface area (Å²) in [5.41, 5.74) is 0. The van der Waals surface area contributed by atoms with Crippen LogP contribution in [0.15, 0.2) is 72.9 Å². The van der Waals surface area contributed by atoms with Crippen molar-refractivity contribution >= 4 is 17.9 Å². The van der Waals surface area contributed by atoms with Gasteiger partial charge in [-0.15, -0.1) is 0 Å². The minimum Gasteiger partial charge on any atom is -0.462 e. The Bertz CT molecular complexity index is 1290. The van der Waals surface area contributed by atoms with Gasteiger partial charge in [-0.3, -0.25) is 14.4 Å². The van der Waals surface area contributed by atoms with Crippen molar-refractivity contribution in [2.75, 3.05) is 13.2 Å². The molecule has 69 heavy (non-hydrogen) atoms. The molecule has 0 N–H and O–H groups in total. The number of carbonyl (C=O) groups is 3. The van der Waals surface area contributed by atoms with Crippen LogP contribution in [0.25, 0.3) is 0 Å². The van der Waals surface area contributed by atoms with E-state index in [9.17, 15) is 14.4 Å². The van der Waals surface area contributed by atoms with E-state index < -0.39 is 6.10 Å². The summed E-state index contributed by atoms with van der Waals surface area (Å²) in [7, 11) is 0. The predicted molar refractivity (Wildman–Crippen MR) is 298 cm³/mol. The first-order valence-electron chi connectivity index (χ1n) is 29.4. The summed E-state index contributed by atoms with van der Waals surface area (Å²) < 4.78 is 16.9. The van der Waals surface area contributed by atoms with Gasteiger partial charge in [0.25, 0.3) is 0 Å². The van der Waals surface area contributed by atoms with Crippen LogP contribution in [0.1, 0.15) is 290 Å². The summed E-state index contributed by atoms with van der Waals surface area (Å²) in [6.45, 7) is 6.58. The maximum absolute atomic E-state index is 12.9. The zero-order valence-corrected chi connectivity index (χ0v) is 45.6. The van der Waals surface area contributed by atoms with E-state index in [1.54, 1.807) is 0 Å². The Kier molecular flexibility index (Phi) is 54.8. The molecule has 0 amide bonds. The van der Waals surface area contributed by atoms with Crippen LogP contribution in [0.3, 0.4) is 0 Å². The molecule has 0 radical (unpaired) electrons. The Hall–Kier alpha value is -3.15. The minimum absolute atomic E-state index is 0.0870. The SMILES string of the molecule is CCCCC/C=C\C/C=C\CCCCCCCC(=O)OCC(COC(=O)CCCCCCCCC/C=C\C/C=C\CCCCCC)OC(=O)CCCCCCCCC/C=C\C/C=C\CCCCCC. The molecule has 0 aromatic carbocycles. The van der Waals surface area contributed by atoms with Gasteiger partial charge in [0.05, 0.1) is 0 Å². The van der Waals surface area contributed by atoms with E-state index in [1.807, 2.05) is 0 Å². The quantitative estimate of drug-likeness (QED) is 0.0262. The Morgan fingerprint density at radius 2 is 0.522 bits per heavy atom. The van der Waals surface area contributed by atoms with E-state index in [2.05, 4.69) is 93.7 Å². The van der Waals surface area contributed by atoms with Gasteiger partial charge in [-0.1, -0.05) is 229 Å². The Labute approximate surface area is 427 Å². The second-order valence-electron chi connectivity index (χ2n) is 19.5. The first kappa shape index (κ1) is 65.8. The van der Waals surface area contributed by atoms with E-state index in [4.69, 9.17) is 14.2 Å². The number of unbranched alkanes of at least 4 members (excludes halogenated alkanes) is 30. The van der Waals surface area contributed by atoms with Gasteiger partial charge < -0.3 is 14.2 Å². The molecule has 0 aromatic rings. The fourth-order valence-electron chi connectivity index (χ4n) is 8.18. The molecule has 0 aliphatic rings. The molecule has 0 aliphatic carbocycles. The molecule has 0 rings (SSSR count). The fourth-order valence-corrected chi connectivity index (χ4v) is 8.18. The monoisotopic (exact) mass is 963 g/mol. The van der Waals surface area contributed by atoms with Crippen molar-refractivity contribution in [2.45, 2.75) is 297 Å². The minimum atomic E-state index is -0.790. The van der Waals surface area contributed by atoms with Crippen molar-refractivity contribution in [1.29, 1.82) is 0 Å². The van der Waals surface area contributed by atoms with Crippen LogP contribution in [-0.4, -0.2) is 37.2 Å². The molecule has 1 unspecified atom stereocenters. The normalized spacial score (nSPS) is 12.6. The summed E-state index contributed by atoms with van der Waals surface area (Å²) in [5, 5.41) is 0. The van der Waals surface area contributed by atoms with Gasteiger partial charge in [0.15, 0.2) is 6.10 Å². The third kappa shape index (κ3) is 55.6. The highest BCUT2D eigenvalue weighted by atomic mass is 16.6. The van der Waals surface area contributed by atoms with Crippen LogP contribution >= 0.6 is 0 Å². The van der Waals surface area contributed by atoms with Crippen LogP contribution in [0.4, 0.5) is 0 Å². The summed E-state index contributed by atoms with van der Waals surface area (Å²) in [6, 6.07) is 0. The van der Waals surface area contributed by atoms with E-state index in [0.29, 0.717) is 19.3 Å². The highest BCUT2D eigenvalue weighted by molar-refractivity contribution is 5.71. The van der Waals surface area contributed by atoms with Crippen molar-refractivity contribution < 1.29 is 28.6 Å². The van der Waals surface area contributed by atoms with E-state index in [0.717, 1.165) is 103 Å². The highest BCUT2D eigenvalue weighted by Crippen LogP contribution is 2.15. The predicted octanol–water partition coefficient (Wildman–Crippen LogP) is 19.8. The van der Waals surface area contributed by atoms with E-state index in [1.165, 1.54) is 148 Å². The smallest absolute Gasteiger partial charge is 0.306 e. The maximum atomic E-state index is 12.9. The largest absolute Gasteiger partial charge is 0.462 e. The third-order valence-electron chi connectivity index (χ3n) is 12.7. The van der Waals surface area contributed by atoms with Crippen molar-refractivity contribution in [1.82, 2.24) is 0 Å². The molecule has 6 nitrogen and oxygen atoms in total. The van der Waals surface area contributed by atoms with Gasteiger partial charge in [0.2, 0.25) is 0 Å². The van der Waals surface area contributed by atoms with Gasteiger partial charge in [0, 0.05) is 19.3 Å². The second kappa shape index (κ2) is 57.4. The molecule has 0 bridgehead atoms. The van der Waals surface area contributed by atoms with E-state index in [-0.39, 0.29) is 31.1 Å². The van der Waals surface area contributed by atoms with Crippen molar-refractivity contribution in [3.63, 3.8) is 0 Å². The van der Waals surface area contributed by atoms with Crippen molar-refractivity contribution in [2.24, 2.45) is 0 Å². The summed E-state index contributed by atoms with van der Waals surface area (Å²) >= 11 is 0. The molecular weight excluding hydrogens is 853 g/mol.